The average Bonchev–Trinajstić information content (AvgIpc) is 2.56. The molecule has 2 N–H and O–H groups in total. The SMILES string of the molecule is CC(C)(C)Nc1cnnc(Nc2ccccc2Oc2ccccc2)n1. The molecule has 0 atom stereocenters. The quantitative estimate of drug-likeness (QED) is 0.709. The van der Waals surface area contributed by atoms with Gasteiger partial charge in [-0.25, -0.2) is 0 Å². The smallest absolute Gasteiger partial charge is 0.249 e. The largest absolute Gasteiger partial charge is 0.455 e. The Labute approximate surface area is 147 Å². The molecule has 0 spiro atoms. The Morgan fingerprint density at radius 3 is 2.40 bits per heavy atom. The van der Waals surface area contributed by atoms with E-state index < -0.39 is 0 Å². The molecule has 128 valence electrons. The molecule has 0 unspecified atom stereocenters. The fourth-order valence-electron chi connectivity index (χ4n) is 2.20. The average molecular weight is 335 g/mol. The zero-order valence-electron chi connectivity index (χ0n) is 14.5. The molecule has 3 rings (SSSR count). The van der Waals surface area contributed by atoms with Crippen LogP contribution >= 0.6 is 0 Å². The molecular formula is C19H21N5O. The van der Waals surface area contributed by atoms with Crippen LogP contribution in [0.1, 0.15) is 20.8 Å². The number of rotatable bonds is 5. The lowest BCUT2D eigenvalue weighted by Crippen LogP contribution is -2.27. The zero-order chi connectivity index (χ0) is 17.7. The minimum Gasteiger partial charge on any atom is -0.455 e. The van der Waals surface area contributed by atoms with Crippen molar-refractivity contribution < 1.29 is 4.74 Å². The number of benzene rings is 2. The van der Waals surface area contributed by atoms with E-state index in [1.165, 1.54) is 0 Å². The summed E-state index contributed by atoms with van der Waals surface area (Å²) in [4.78, 5) is 4.45. The van der Waals surface area contributed by atoms with Crippen LogP contribution in [0, 0.1) is 0 Å². The first-order valence-corrected chi connectivity index (χ1v) is 8.06. The Bertz CT molecular complexity index is 830. The molecular weight excluding hydrogens is 314 g/mol. The molecule has 1 heterocycles. The Morgan fingerprint density at radius 1 is 0.920 bits per heavy atom. The number of anilines is 3. The molecule has 0 aliphatic rings. The first-order chi connectivity index (χ1) is 12.0. The summed E-state index contributed by atoms with van der Waals surface area (Å²) in [6.45, 7) is 6.18. The van der Waals surface area contributed by atoms with Crippen LogP contribution in [0.25, 0.3) is 0 Å². The van der Waals surface area contributed by atoms with Gasteiger partial charge in [-0.2, -0.15) is 10.1 Å². The van der Waals surface area contributed by atoms with Crippen molar-refractivity contribution >= 4 is 17.5 Å². The van der Waals surface area contributed by atoms with Crippen LogP contribution in [0.15, 0.2) is 60.8 Å². The lowest BCUT2D eigenvalue weighted by molar-refractivity contribution is 0.485. The minimum atomic E-state index is -0.109. The van der Waals surface area contributed by atoms with Crippen molar-refractivity contribution in [2.45, 2.75) is 26.3 Å². The van der Waals surface area contributed by atoms with Gasteiger partial charge >= 0.3 is 0 Å². The van der Waals surface area contributed by atoms with E-state index in [1.807, 2.05) is 54.6 Å². The van der Waals surface area contributed by atoms with Gasteiger partial charge < -0.3 is 15.4 Å². The van der Waals surface area contributed by atoms with E-state index in [1.54, 1.807) is 6.20 Å². The van der Waals surface area contributed by atoms with E-state index in [0.717, 1.165) is 11.4 Å². The van der Waals surface area contributed by atoms with E-state index in [0.29, 0.717) is 17.5 Å². The Kier molecular flexibility index (Phi) is 4.79. The number of nitrogens with one attached hydrogen (secondary N) is 2. The van der Waals surface area contributed by atoms with E-state index >= 15 is 0 Å². The number of para-hydroxylation sites is 3. The van der Waals surface area contributed by atoms with Crippen LogP contribution in [0.5, 0.6) is 11.5 Å². The van der Waals surface area contributed by atoms with Crippen LogP contribution < -0.4 is 15.4 Å². The molecule has 0 radical (unpaired) electrons. The maximum atomic E-state index is 5.94. The molecule has 25 heavy (non-hydrogen) atoms. The number of aromatic nitrogens is 3. The fraction of sp³-hybridized carbons (Fsp3) is 0.211. The standard InChI is InChI=1S/C19H21N5O/c1-19(2,3)23-17-13-20-24-18(22-17)21-15-11-7-8-12-16(15)25-14-9-5-4-6-10-14/h4-13H,1-3H3,(H2,21,22,23,24). The third-order valence-electron chi connectivity index (χ3n) is 3.17. The summed E-state index contributed by atoms with van der Waals surface area (Å²) in [6, 6.07) is 17.3. The molecule has 0 bridgehead atoms. The van der Waals surface area contributed by atoms with Gasteiger partial charge in [-0.15, -0.1) is 5.10 Å². The highest BCUT2D eigenvalue weighted by molar-refractivity contribution is 5.63. The van der Waals surface area contributed by atoms with Gasteiger partial charge in [0, 0.05) is 5.54 Å². The zero-order valence-corrected chi connectivity index (χ0v) is 14.5. The summed E-state index contributed by atoms with van der Waals surface area (Å²) in [5, 5.41) is 14.5. The summed E-state index contributed by atoms with van der Waals surface area (Å²) >= 11 is 0. The third kappa shape index (κ3) is 4.91. The van der Waals surface area contributed by atoms with Crippen molar-refractivity contribution in [3.63, 3.8) is 0 Å². The normalized spacial score (nSPS) is 11.0. The molecule has 0 saturated carbocycles. The fourth-order valence-corrected chi connectivity index (χ4v) is 2.20. The molecule has 0 aliphatic heterocycles. The summed E-state index contributed by atoms with van der Waals surface area (Å²) in [7, 11) is 0. The van der Waals surface area contributed by atoms with Gasteiger partial charge in [0.15, 0.2) is 11.6 Å². The summed E-state index contributed by atoms with van der Waals surface area (Å²) in [5.41, 5.74) is 0.655. The Morgan fingerprint density at radius 2 is 1.64 bits per heavy atom. The molecule has 6 heteroatoms. The predicted octanol–water partition coefficient (Wildman–Crippen LogP) is 4.62. The van der Waals surface area contributed by atoms with Crippen LogP contribution in [0.2, 0.25) is 0 Å². The van der Waals surface area contributed by atoms with Gasteiger partial charge in [0.1, 0.15) is 5.75 Å². The van der Waals surface area contributed by atoms with Crippen molar-refractivity contribution in [1.82, 2.24) is 15.2 Å². The molecule has 6 nitrogen and oxygen atoms in total. The maximum absolute atomic E-state index is 5.94. The van der Waals surface area contributed by atoms with Gasteiger partial charge in [-0.1, -0.05) is 30.3 Å². The number of hydrogen-bond donors (Lipinski definition) is 2. The van der Waals surface area contributed by atoms with Crippen molar-refractivity contribution in [3.05, 3.63) is 60.8 Å². The summed E-state index contributed by atoms with van der Waals surface area (Å²) < 4.78 is 5.94. The number of ether oxygens (including phenoxy) is 1. The highest BCUT2D eigenvalue weighted by Gasteiger charge is 2.12. The van der Waals surface area contributed by atoms with Crippen molar-refractivity contribution in [2.24, 2.45) is 0 Å². The Hall–Kier alpha value is -3.15. The second-order valence-corrected chi connectivity index (χ2v) is 6.58. The van der Waals surface area contributed by atoms with E-state index in [4.69, 9.17) is 4.74 Å². The molecule has 2 aromatic carbocycles. The molecule has 0 saturated heterocycles. The van der Waals surface area contributed by atoms with E-state index in [9.17, 15) is 0 Å². The molecule has 3 aromatic rings. The van der Waals surface area contributed by atoms with E-state index in [2.05, 4.69) is 46.6 Å². The van der Waals surface area contributed by atoms with Gasteiger partial charge in [-0.3, -0.25) is 0 Å². The van der Waals surface area contributed by atoms with Crippen molar-refractivity contribution in [2.75, 3.05) is 10.6 Å². The lowest BCUT2D eigenvalue weighted by Gasteiger charge is -2.21. The van der Waals surface area contributed by atoms with Crippen LogP contribution in [-0.4, -0.2) is 20.7 Å². The summed E-state index contributed by atoms with van der Waals surface area (Å²) in [5.74, 6) is 2.51. The minimum absolute atomic E-state index is 0.109. The number of nitrogens with zero attached hydrogens (tertiary/aromatic N) is 3. The van der Waals surface area contributed by atoms with Crippen LogP contribution in [0.4, 0.5) is 17.5 Å². The van der Waals surface area contributed by atoms with Crippen LogP contribution in [0.3, 0.4) is 0 Å². The predicted molar refractivity (Wildman–Crippen MR) is 99.4 cm³/mol. The maximum Gasteiger partial charge on any atom is 0.249 e. The van der Waals surface area contributed by atoms with E-state index in [-0.39, 0.29) is 5.54 Å². The highest BCUT2D eigenvalue weighted by atomic mass is 16.5. The monoisotopic (exact) mass is 335 g/mol. The van der Waals surface area contributed by atoms with Gasteiger partial charge in [0.2, 0.25) is 5.95 Å². The van der Waals surface area contributed by atoms with Crippen molar-refractivity contribution in [3.8, 4) is 11.5 Å². The molecule has 1 aromatic heterocycles. The first kappa shape index (κ1) is 16.7. The van der Waals surface area contributed by atoms with Gasteiger partial charge in [-0.05, 0) is 45.0 Å². The van der Waals surface area contributed by atoms with Gasteiger partial charge in [0.25, 0.3) is 0 Å². The van der Waals surface area contributed by atoms with Crippen molar-refractivity contribution in [1.29, 1.82) is 0 Å². The highest BCUT2D eigenvalue weighted by Crippen LogP contribution is 2.30. The van der Waals surface area contributed by atoms with Crippen LogP contribution in [-0.2, 0) is 0 Å². The number of hydrogen-bond acceptors (Lipinski definition) is 6. The topological polar surface area (TPSA) is 72.0 Å². The second-order valence-electron chi connectivity index (χ2n) is 6.58. The Balaban J connectivity index is 1.80. The third-order valence-corrected chi connectivity index (χ3v) is 3.17. The summed E-state index contributed by atoms with van der Waals surface area (Å²) in [6.07, 6.45) is 1.60. The molecule has 0 amide bonds. The molecule has 0 fully saturated rings. The van der Waals surface area contributed by atoms with Gasteiger partial charge in [0.05, 0.1) is 11.9 Å². The second kappa shape index (κ2) is 7.17. The lowest BCUT2D eigenvalue weighted by atomic mass is 10.1. The first-order valence-electron chi connectivity index (χ1n) is 8.06. The molecule has 0 aliphatic carbocycles.